The molecule has 0 amide bonds. The molecule has 8 nitrogen and oxygen atoms in total. The summed E-state index contributed by atoms with van der Waals surface area (Å²) >= 11 is 9.99. The van der Waals surface area contributed by atoms with Gasteiger partial charge >= 0.3 is 0 Å². The summed E-state index contributed by atoms with van der Waals surface area (Å²) in [5.41, 5.74) is 4.81. The molecule has 208 valence electrons. The summed E-state index contributed by atoms with van der Waals surface area (Å²) in [6.07, 6.45) is 2.49. The van der Waals surface area contributed by atoms with Crippen molar-refractivity contribution in [3.63, 3.8) is 0 Å². The second-order valence-electron chi connectivity index (χ2n) is 9.92. The van der Waals surface area contributed by atoms with Crippen molar-refractivity contribution in [2.45, 2.75) is 32.9 Å². The summed E-state index contributed by atoms with van der Waals surface area (Å²) in [6, 6.07) is 14.6. The maximum absolute atomic E-state index is 11.0. The number of halogens is 2. The minimum Gasteiger partial charge on any atom is -0.507 e. The highest BCUT2D eigenvalue weighted by Crippen LogP contribution is 2.38. The van der Waals surface area contributed by atoms with Gasteiger partial charge in [-0.15, -0.1) is 0 Å². The third-order valence-corrected chi connectivity index (χ3v) is 8.55. The zero-order valence-corrected chi connectivity index (χ0v) is 24.3. The Balaban J connectivity index is 1.34. The molecule has 3 aromatic carbocycles. The summed E-state index contributed by atoms with van der Waals surface area (Å²) in [5, 5.41) is 23.9. The zero-order chi connectivity index (χ0) is 28.2. The van der Waals surface area contributed by atoms with E-state index in [4.69, 9.17) is 20.9 Å². The van der Waals surface area contributed by atoms with Crippen LogP contribution in [0, 0.1) is 12.8 Å². The fraction of sp³-hybridized carbons (Fsp3) is 0.300. The van der Waals surface area contributed by atoms with Gasteiger partial charge in [-0.3, -0.25) is 9.69 Å². The number of hydrogen-bond donors (Lipinski definition) is 2. The Morgan fingerprint density at radius 1 is 1.15 bits per heavy atom. The average molecular weight is 627 g/mol. The van der Waals surface area contributed by atoms with Crippen molar-refractivity contribution in [1.29, 1.82) is 0 Å². The van der Waals surface area contributed by atoms with Crippen LogP contribution in [0.25, 0.3) is 22.6 Å². The third kappa shape index (κ3) is 6.07. The van der Waals surface area contributed by atoms with E-state index in [1.54, 1.807) is 0 Å². The van der Waals surface area contributed by atoms with Crippen molar-refractivity contribution < 1.29 is 24.3 Å². The molecule has 2 heterocycles. The summed E-state index contributed by atoms with van der Waals surface area (Å²) in [4.78, 5) is 18.0. The molecule has 40 heavy (non-hydrogen) atoms. The van der Waals surface area contributed by atoms with E-state index in [2.05, 4.69) is 31.0 Å². The van der Waals surface area contributed by atoms with Gasteiger partial charge in [0.15, 0.2) is 12.1 Å². The van der Waals surface area contributed by atoms with Crippen LogP contribution in [-0.2, 0) is 13.2 Å². The molecule has 0 saturated carbocycles. The van der Waals surface area contributed by atoms with E-state index < -0.39 is 0 Å². The van der Waals surface area contributed by atoms with Crippen molar-refractivity contribution in [3.05, 3.63) is 80.5 Å². The van der Waals surface area contributed by atoms with Crippen molar-refractivity contribution in [1.82, 2.24) is 15.0 Å². The highest BCUT2D eigenvalue weighted by molar-refractivity contribution is 9.10. The van der Waals surface area contributed by atoms with Crippen LogP contribution in [0.2, 0.25) is 5.02 Å². The average Bonchev–Trinajstić information content (AvgIpc) is 3.42. The van der Waals surface area contributed by atoms with Gasteiger partial charge in [0.05, 0.1) is 17.1 Å². The Kier molecular flexibility index (Phi) is 8.85. The van der Waals surface area contributed by atoms with E-state index >= 15 is 0 Å². The Hall–Kier alpha value is -3.24. The molecule has 2 N–H and O–H groups in total. The number of phenols is 1. The maximum atomic E-state index is 11.0. The lowest BCUT2D eigenvalue weighted by atomic mass is 9.95. The van der Waals surface area contributed by atoms with Crippen LogP contribution in [0.4, 0.5) is 0 Å². The number of carbonyl (C=O) groups is 1. The number of hydrogen-bond acceptors (Lipinski definition) is 8. The topological polar surface area (TPSA) is 109 Å². The van der Waals surface area contributed by atoms with Gasteiger partial charge in [-0.05, 0) is 83.5 Å². The van der Waals surface area contributed by atoms with Gasteiger partial charge in [0.2, 0.25) is 0 Å². The van der Waals surface area contributed by atoms with Crippen molar-refractivity contribution >= 4 is 33.8 Å². The van der Waals surface area contributed by atoms with Crippen LogP contribution < -0.4 is 4.74 Å². The van der Waals surface area contributed by atoms with Gasteiger partial charge in [-0.2, -0.15) is 4.98 Å². The molecule has 0 spiro atoms. The van der Waals surface area contributed by atoms with Crippen molar-refractivity contribution in [2.24, 2.45) is 5.92 Å². The molecular weight excluding hydrogens is 598 g/mol. The van der Waals surface area contributed by atoms with Crippen LogP contribution >= 0.6 is 27.5 Å². The first-order valence-corrected chi connectivity index (χ1v) is 14.2. The van der Waals surface area contributed by atoms with Gasteiger partial charge in [0.1, 0.15) is 18.1 Å². The van der Waals surface area contributed by atoms with E-state index in [9.17, 15) is 15.0 Å². The number of aldehydes is 1. The summed E-state index contributed by atoms with van der Waals surface area (Å²) in [7, 11) is 0. The summed E-state index contributed by atoms with van der Waals surface area (Å²) in [5.74, 6) is 1.60. The quantitative estimate of drug-likeness (QED) is 0.205. The fourth-order valence-electron chi connectivity index (χ4n) is 4.93. The standard InChI is InChI=1S/C30H29BrClN3O5/c1-18-22(5-3-6-23(18)30-33-28(34-40-30)14-35-10-8-19(15-36)9-11-35)24-7-2-4-20(29(24)31)17-39-27-13-26(38)21(16-37)12-25(27)32/h2-7,12-13,16,19,36,38H,8-11,14-15,17H2,1H3. The first-order valence-electron chi connectivity index (χ1n) is 13.0. The predicted octanol–water partition coefficient (Wildman–Crippen LogP) is 6.43. The Morgan fingerprint density at radius 2 is 1.88 bits per heavy atom. The number of aliphatic hydroxyl groups excluding tert-OH is 1. The largest absolute Gasteiger partial charge is 0.507 e. The number of rotatable bonds is 9. The minimum absolute atomic E-state index is 0.104. The van der Waals surface area contributed by atoms with Crippen LogP contribution in [0.15, 0.2) is 57.5 Å². The first kappa shape index (κ1) is 28.3. The molecule has 0 bridgehead atoms. The van der Waals surface area contributed by atoms with E-state index in [0.29, 0.717) is 30.5 Å². The molecule has 1 saturated heterocycles. The van der Waals surface area contributed by atoms with E-state index in [-0.39, 0.29) is 35.3 Å². The molecule has 1 fully saturated rings. The maximum Gasteiger partial charge on any atom is 0.258 e. The smallest absolute Gasteiger partial charge is 0.258 e. The highest BCUT2D eigenvalue weighted by atomic mass is 79.9. The number of phenolic OH excluding ortho intramolecular Hbond substituents is 1. The van der Waals surface area contributed by atoms with Crippen LogP contribution in [0.5, 0.6) is 11.5 Å². The van der Waals surface area contributed by atoms with Crippen LogP contribution in [-0.4, -0.2) is 51.2 Å². The zero-order valence-electron chi connectivity index (χ0n) is 21.9. The van der Waals surface area contributed by atoms with Gasteiger partial charge in [0.25, 0.3) is 5.89 Å². The number of aliphatic hydroxyl groups is 1. The predicted molar refractivity (Wildman–Crippen MR) is 156 cm³/mol. The minimum atomic E-state index is -0.190. The molecule has 0 radical (unpaired) electrons. The number of aromatic nitrogens is 2. The van der Waals surface area contributed by atoms with Crippen molar-refractivity contribution in [3.8, 4) is 34.1 Å². The molecule has 1 aromatic heterocycles. The first-order chi connectivity index (χ1) is 19.4. The number of likely N-dealkylation sites (tertiary alicyclic amines) is 1. The van der Waals surface area contributed by atoms with Gasteiger partial charge in [-0.1, -0.05) is 47.1 Å². The number of piperidine rings is 1. The normalized spacial score (nSPS) is 14.4. The number of aromatic hydroxyl groups is 1. The lowest BCUT2D eigenvalue weighted by molar-refractivity contribution is 0.112. The van der Waals surface area contributed by atoms with Crippen molar-refractivity contribution in [2.75, 3.05) is 19.7 Å². The number of nitrogens with zero attached hydrogens (tertiary/aromatic N) is 3. The molecule has 0 atom stereocenters. The number of ether oxygens (including phenoxy) is 1. The molecule has 0 unspecified atom stereocenters. The Morgan fingerprint density at radius 3 is 2.62 bits per heavy atom. The van der Waals surface area contributed by atoms with Gasteiger partial charge in [-0.25, -0.2) is 0 Å². The second kappa shape index (κ2) is 12.5. The third-order valence-electron chi connectivity index (χ3n) is 7.32. The highest BCUT2D eigenvalue weighted by Gasteiger charge is 2.21. The van der Waals surface area contributed by atoms with E-state index in [1.807, 2.05) is 43.3 Å². The molecule has 4 aromatic rings. The van der Waals surface area contributed by atoms with Crippen LogP contribution in [0.1, 0.15) is 40.2 Å². The summed E-state index contributed by atoms with van der Waals surface area (Å²) in [6.45, 7) is 4.91. The fourth-order valence-corrected chi connectivity index (χ4v) is 5.75. The molecule has 10 heteroatoms. The second-order valence-corrected chi connectivity index (χ2v) is 11.1. The summed E-state index contributed by atoms with van der Waals surface area (Å²) < 4.78 is 12.4. The lowest BCUT2D eigenvalue weighted by Gasteiger charge is -2.29. The Labute approximate surface area is 245 Å². The molecular formula is C30H29BrClN3O5. The van der Waals surface area contributed by atoms with E-state index in [1.165, 1.54) is 12.1 Å². The molecule has 0 aliphatic carbocycles. The van der Waals surface area contributed by atoms with Gasteiger partial charge in [0, 0.05) is 28.3 Å². The number of carbonyl (C=O) groups excluding carboxylic acids is 1. The molecule has 5 rings (SSSR count). The SMILES string of the molecule is Cc1c(-c2nc(CN3CCC(CO)CC3)no2)cccc1-c1cccc(COc2cc(O)c(C=O)cc2Cl)c1Br. The molecule has 1 aliphatic rings. The number of benzene rings is 3. The monoisotopic (exact) mass is 625 g/mol. The van der Waals surface area contributed by atoms with E-state index in [0.717, 1.165) is 58.2 Å². The lowest BCUT2D eigenvalue weighted by Crippen LogP contribution is -2.34. The molecule has 1 aliphatic heterocycles. The Bertz CT molecular complexity index is 1520. The van der Waals surface area contributed by atoms with Crippen LogP contribution in [0.3, 0.4) is 0 Å². The van der Waals surface area contributed by atoms with Gasteiger partial charge < -0.3 is 19.5 Å².